The maximum Gasteiger partial charge on any atom is 0.446 e. The zero-order chi connectivity index (χ0) is 14.9. The summed E-state index contributed by atoms with van der Waals surface area (Å²) in [6, 6.07) is 5.43. The number of thioether (sulfide) groups is 1. The summed E-state index contributed by atoms with van der Waals surface area (Å²) in [5.41, 5.74) is 1.27. The minimum atomic E-state index is -4.35. The first-order valence-corrected chi connectivity index (χ1v) is 6.53. The smallest absolute Gasteiger partial charge is 0.369 e. The van der Waals surface area contributed by atoms with Gasteiger partial charge in [0, 0.05) is 23.5 Å². The van der Waals surface area contributed by atoms with Gasteiger partial charge in [0.2, 0.25) is 11.8 Å². The number of alkyl halides is 3. The first kappa shape index (κ1) is 14.7. The lowest BCUT2D eigenvalue weighted by atomic mass is 10.1. The number of primary amides is 1. The van der Waals surface area contributed by atoms with Gasteiger partial charge in [-0.25, -0.2) is 0 Å². The Kier molecular flexibility index (Phi) is 3.94. The first-order chi connectivity index (χ1) is 9.26. The zero-order valence-electron chi connectivity index (χ0n) is 10.2. The lowest BCUT2D eigenvalue weighted by Gasteiger charge is -2.16. The second kappa shape index (κ2) is 5.35. The molecule has 1 heterocycles. The number of halogens is 3. The number of anilines is 1. The van der Waals surface area contributed by atoms with Crippen molar-refractivity contribution in [2.24, 2.45) is 11.7 Å². The normalized spacial score (nSPS) is 19.4. The van der Waals surface area contributed by atoms with Gasteiger partial charge in [0.05, 0.1) is 5.92 Å². The Hall–Kier alpha value is -1.70. The highest BCUT2D eigenvalue weighted by molar-refractivity contribution is 8.00. The molecule has 1 aliphatic heterocycles. The summed E-state index contributed by atoms with van der Waals surface area (Å²) in [6.45, 7) is 0.167. The van der Waals surface area contributed by atoms with Gasteiger partial charge >= 0.3 is 5.51 Å². The van der Waals surface area contributed by atoms with Gasteiger partial charge in [0.1, 0.15) is 0 Å². The van der Waals surface area contributed by atoms with Crippen LogP contribution in [0, 0.1) is 5.92 Å². The minimum Gasteiger partial charge on any atom is -0.369 e. The van der Waals surface area contributed by atoms with Crippen molar-refractivity contribution in [3.8, 4) is 0 Å². The summed E-state index contributed by atoms with van der Waals surface area (Å²) >= 11 is -0.219. The molecule has 108 valence electrons. The maximum absolute atomic E-state index is 12.2. The molecule has 1 fully saturated rings. The fraction of sp³-hybridized carbons (Fsp3) is 0.333. The van der Waals surface area contributed by atoms with E-state index in [4.69, 9.17) is 5.73 Å². The first-order valence-electron chi connectivity index (χ1n) is 5.72. The molecule has 0 saturated carbocycles. The summed E-state index contributed by atoms with van der Waals surface area (Å²) in [5.74, 6) is -1.36. The molecule has 0 bridgehead atoms. The predicted molar refractivity (Wildman–Crippen MR) is 68.0 cm³/mol. The molecule has 1 aliphatic rings. The largest absolute Gasteiger partial charge is 0.446 e. The number of rotatable bonds is 3. The fourth-order valence-corrected chi connectivity index (χ4v) is 2.51. The van der Waals surface area contributed by atoms with Crippen molar-refractivity contribution in [2.45, 2.75) is 16.8 Å². The van der Waals surface area contributed by atoms with Crippen LogP contribution in [0.15, 0.2) is 29.2 Å². The van der Waals surface area contributed by atoms with E-state index < -0.39 is 17.3 Å². The van der Waals surface area contributed by atoms with Crippen LogP contribution in [0.4, 0.5) is 18.9 Å². The van der Waals surface area contributed by atoms with Crippen molar-refractivity contribution in [1.82, 2.24) is 0 Å². The SMILES string of the molecule is NC(=O)C1CC(=O)N(c2ccc(SC(F)(F)F)cc2)C1. The van der Waals surface area contributed by atoms with Crippen LogP contribution in [-0.2, 0) is 9.59 Å². The molecule has 1 unspecified atom stereocenters. The number of benzene rings is 1. The van der Waals surface area contributed by atoms with Gasteiger partial charge in [-0.3, -0.25) is 9.59 Å². The lowest BCUT2D eigenvalue weighted by Crippen LogP contribution is -2.28. The Morgan fingerprint density at radius 3 is 2.35 bits per heavy atom. The molecule has 0 aliphatic carbocycles. The topological polar surface area (TPSA) is 63.4 Å². The number of hydrogen-bond acceptors (Lipinski definition) is 3. The summed E-state index contributed by atoms with van der Waals surface area (Å²) in [5, 5.41) is 0. The zero-order valence-corrected chi connectivity index (χ0v) is 11.0. The van der Waals surface area contributed by atoms with Crippen molar-refractivity contribution in [1.29, 1.82) is 0 Å². The summed E-state index contributed by atoms with van der Waals surface area (Å²) in [4.78, 5) is 24.2. The second-order valence-electron chi connectivity index (χ2n) is 4.35. The van der Waals surface area contributed by atoms with Gasteiger partial charge in [-0.1, -0.05) is 0 Å². The average molecular weight is 304 g/mol. The molecule has 1 aromatic carbocycles. The van der Waals surface area contributed by atoms with Crippen LogP contribution >= 0.6 is 11.8 Å². The van der Waals surface area contributed by atoms with E-state index in [0.717, 1.165) is 0 Å². The van der Waals surface area contributed by atoms with Gasteiger partial charge in [-0.2, -0.15) is 13.2 Å². The quantitative estimate of drug-likeness (QED) is 0.870. The molecule has 2 rings (SSSR count). The van der Waals surface area contributed by atoms with E-state index in [-0.39, 0.29) is 35.5 Å². The number of carbonyl (C=O) groups is 2. The van der Waals surface area contributed by atoms with Crippen LogP contribution in [0.3, 0.4) is 0 Å². The summed E-state index contributed by atoms with van der Waals surface area (Å²) in [7, 11) is 0. The highest BCUT2D eigenvalue weighted by Gasteiger charge is 2.34. The second-order valence-corrected chi connectivity index (χ2v) is 5.49. The number of hydrogen-bond donors (Lipinski definition) is 1. The van der Waals surface area contributed by atoms with Crippen LogP contribution in [0.2, 0.25) is 0 Å². The Morgan fingerprint density at radius 1 is 1.30 bits per heavy atom. The number of nitrogens with two attached hydrogens (primary N) is 1. The van der Waals surface area contributed by atoms with Gasteiger partial charge in [0.25, 0.3) is 0 Å². The minimum absolute atomic E-state index is 0.0361. The highest BCUT2D eigenvalue weighted by atomic mass is 32.2. The van der Waals surface area contributed by atoms with Gasteiger partial charge in [-0.15, -0.1) is 0 Å². The van der Waals surface area contributed by atoms with E-state index in [9.17, 15) is 22.8 Å². The molecule has 8 heteroatoms. The highest BCUT2D eigenvalue weighted by Crippen LogP contribution is 2.37. The summed E-state index contributed by atoms with van der Waals surface area (Å²) < 4.78 is 36.6. The van der Waals surface area contributed by atoms with Crippen molar-refractivity contribution in [3.05, 3.63) is 24.3 Å². The molecular formula is C12H11F3N2O2S. The van der Waals surface area contributed by atoms with Crippen LogP contribution in [0.25, 0.3) is 0 Å². The molecule has 1 saturated heterocycles. The third kappa shape index (κ3) is 3.44. The van der Waals surface area contributed by atoms with E-state index in [1.807, 2.05) is 0 Å². The van der Waals surface area contributed by atoms with Crippen LogP contribution in [0.5, 0.6) is 0 Å². The van der Waals surface area contributed by atoms with Gasteiger partial charge in [0.15, 0.2) is 0 Å². The molecule has 0 radical (unpaired) electrons. The monoisotopic (exact) mass is 304 g/mol. The lowest BCUT2D eigenvalue weighted by molar-refractivity contribution is -0.123. The Bertz CT molecular complexity index is 530. The third-order valence-electron chi connectivity index (χ3n) is 2.91. The Balaban J connectivity index is 2.11. The number of carbonyl (C=O) groups excluding carboxylic acids is 2. The third-order valence-corrected chi connectivity index (χ3v) is 3.65. The average Bonchev–Trinajstić information content (AvgIpc) is 2.70. The van der Waals surface area contributed by atoms with Crippen molar-refractivity contribution < 1.29 is 22.8 Å². The Morgan fingerprint density at radius 2 is 1.90 bits per heavy atom. The molecule has 0 spiro atoms. The van der Waals surface area contributed by atoms with Crippen LogP contribution < -0.4 is 10.6 Å². The van der Waals surface area contributed by atoms with Crippen LogP contribution in [-0.4, -0.2) is 23.9 Å². The molecule has 0 aromatic heterocycles. The molecule has 1 atom stereocenters. The molecule has 2 amide bonds. The molecule has 20 heavy (non-hydrogen) atoms. The van der Waals surface area contributed by atoms with Crippen molar-refractivity contribution >= 4 is 29.3 Å². The van der Waals surface area contributed by atoms with E-state index in [1.54, 1.807) is 0 Å². The van der Waals surface area contributed by atoms with Gasteiger partial charge < -0.3 is 10.6 Å². The van der Waals surface area contributed by atoms with E-state index in [0.29, 0.717) is 5.69 Å². The van der Waals surface area contributed by atoms with Gasteiger partial charge in [-0.05, 0) is 36.0 Å². The van der Waals surface area contributed by atoms with E-state index in [2.05, 4.69) is 0 Å². The molecular weight excluding hydrogens is 293 g/mol. The molecule has 4 nitrogen and oxygen atoms in total. The van der Waals surface area contributed by atoms with Crippen molar-refractivity contribution in [2.75, 3.05) is 11.4 Å². The Labute approximate surface area is 117 Å². The molecule has 1 aromatic rings. The molecule has 2 N–H and O–H groups in total. The maximum atomic E-state index is 12.2. The van der Waals surface area contributed by atoms with E-state index >= 15 is 0 Å². The summed E-state index contributed by atoms with van der Waals surface area (Å²) in [6.07, 6.45) is 0.0361. The number of nitrogens with zero attached hydrogens (tertiary/aromatic N) is 1. The van der Waals surface area contributed by atoms with Crippen molar-refractivity contribution in [3.63, 3.8) is 0 Å². The predicted octanol–water partition coefficient (Wildman–Crippen LogP) is 2.14. The van der Waals surface area contributed by atoms with Crippen LogP contribution in [0.1, 0.15) is 6.42 Å². The van der Waals surface area contributed by atoms with E-state index in [1.165, 1.54) is 29.2 Å². The number of amides is 2. The fourth-order valence-electron chi connectivity index (χ4n) is 1.98. The standard InChI is InChI=1S/C12H11F3N2O2S/c13-12(14,15)20-9-3-1-8(2-4-9)17-6-7(11(16)19)5-10(17)18/h1-4,7H,5-6H2,(H2,16,19).